The van der Waals surface area contributed by atoms with Gasteiger partial charge in [0.15, 0.2) is 0 Å². The molecule has 1 aromatic heterocycles. The van der Waals surface area contributed by atoms with Gasteiger partial charge in [0.2, 0.25) is 0 Å². The van der Waals surface area contributed by atoms with Gasteiger partial charge in [0.25, 0.3) is 0 Å². The van der Waals surface area contributed by atoms with Gasteiger partial charge in [-0.3, -0.25) is 0 Å². The van der Waals surface area contributed by atoms with Crippen molar-refractivity contribution in [3.8, 4) is 0 Å². The van der Waals surface area contributed by atoms with E-state index in [0.29, 0.717) is 18.7 Å². The minimum atomic E-state index is -0.387. The van der Waals surface area contributed by atoms with Crippen LogP contribution in [0.1, 0.15) is 12.6 Å². The van der Waals surface area contributed by atoms with Crippen LogP contribution in [0.2, 0.25) is 0 Å². The van der Waals surface area contributed by atoms with E-state index in [1.165, 1.54) is 12.1 Å². The number of nitrogens with zero attached hydrogens (tertiary/aromatic N) is 1. The van der Waals surface area contributed by atoms with Gasteiger partial charge in [-0.2, -0.15) is 0 Å². The Bertz CT molecular complexity index is 633. The highest BCUT2D eigenvalue weighted by atomic mass is 19.1. The Morgan fingerprint density at radius 3 is 2.82 bits per heavy atom. The van der Waals surface area contributed by atoms with Crippen molar-refractivity contribution in [1.29, 1.82) is 0 Å². The fourth-order valence-electron chi connectivity index (χ4n) is 1.94. The number of pyridine rings is 1. The number of carbonyl (C=O) groups is 1. The molecule has 2 aromatic rings. The normalized spacial score (nSPS) is 10.1. The number of hydrogen-bond acceptors (Lipinski definition) is 3. The maximum atomic E-state index is 13.0. The molecule has 1 aromatic carbocycles. The van der Waals surface area contributed by atoms with Crippen molar-refractivity contribution in [2.45, 2.75) is 13.3 Å². The lowest BCUT2D eigenvalue weighted by Crippen LogP contribution is -2.30. The molecule has 0 spiro atoms. The summed E-state index contributed by atoms with van der Waals surface area (Å²) in [7, 11) is 0. The molecule has 0 fully saturated rings. The van der Waals surface area contributed by atoms with Gasteiger partial charge in [-0.15, -0.1) is 0 Å². The third-order valence-corrected chi connectivity index (χ3v) is 2.91. The Kier molecular flexibility index (Phi) is 5.71. The summed E-state index contributed by atoms with van der Waals surface area (Å²) in [5, 5.41) is 8.43. The number of halogens is 1. The van der Waals surface area contributed by atoms with Gasteiger partial charge in [-0.05, 0) is 37.3 Å². The summed E-state index contributed by atoms with van der Waals surface area (Å²) in [5.41, 5.74) is 1.31. The summed E-state index contributed by atoms with van der Waals surface area (Å²) >= 11 is 0. The van der Waals surface area contributed by atoms with E-state index in [-0.39, 0.29) is 11.8 Å². The van der Waals surface area contributed by atoms with Crippen LogP contribution in [0.4, 0.5) is 20.7 Å². The van der Waals surface area contributed by atoms with Gasteiger partial charge in [0, 0.05) is 30.9 Å². The third kappa shape index (κ3) is 5.05. The van der Waals surface area contributed by atoms with E-state index < -0.39 is 0 Å². The smallest absolute Gasteiger partial charge is 0.319 e. The fraction of sp³-hybridized carbons (Fsp3) is 0.250. The highest BCUT2D eigenvalue weighted by Crippen LogP contribution is 2.08. The zero-order chi connectivity index (χ0) is 15.8. The predicted molar refractivity (Wildman–Crippen MR) is 85.5 cm³/mol. The maximum absolute atomic E-state index is 13.0. The van der Waals surface area contributed by atoms with Crippen LogP contribution in [0, 0.1) is 5.82 Å². The molecule has 0 aliphatic carbocycles. The standard InChI is InChI=1S/C16H19FN4O/c1-2-18-15-8-4-6-13(20-15)9-10-19-16(22)21-14-7-3-5-12(17)11-14/h3-8,11H,2,9-10H2,1H3,(H,18,20)(H2,19,21,22). The topological polar surface area (TPSA) is 66.0 Å². The first kappa shape index (κ1) is 15.8. The quantitative estimate of drug-likeness (QED) is 0.768. The summed E-state index contributed by atoms with van der Waals surface area (Å²) in [4.78, 5) is 16.1. The molecule has 0 radical (unpaired) electrons. The number of nitrogens with one attached hydrogen (secondary N) is 3. The summed E-state index contributed by atoms with van der Waals surface area (Å²) in [6.07, 6.45) is 0.621. The first-order valence-electron chi connectivity index (χ1n) is 7.17. The zero-order valence-electron chi connectivity index (χ0n) is 12.4. The van der Waals surface area contributed by atoms with E-state index in [0.717, 1.165) is 18.1 Å². The average Bonchev–Trinajstić information content (AvgIpc) is 2.48. The molecule has 3 N–H and O–H groups in total. The van der Waals surface area contributed by atoms with Crippen molar-refractivity contribution >= 4 is 17.5 Å². The van der Waals surface area contributed by atoms with Gasteiger partial charge in [0.1, 0.15) is 11.6 Å². The molecule has 1 heterocycles. The number of urea groups is 1. The first-order valence-corrected chi connectivity index (χ1v) is 7.17. The van der Waals surface area contributed by atoms with Crippen LogP contribution in [0.25, 0.3) is 0 Å². The highest BCUT2D eigenvalue weighted by molar-refractivity contribution is 5.89. The van der Waals surface area contributed by atoms with E-state index in [2.05, 4.69) is 20.9 Å². The molecular weight excluding hydrogens is 283 g/mol. The van der Waals surface area contributed by atoms with Gasteiger partial charge < -0.3 is 16.0 Å². The van der Waals surface area contributed by atoms with Crippen LogP contribution in [0.15, 0.2) is 42.5 Å². The molecule has 0 atom stereocenters. The molecule has 116 valence electrons. The number of benzene rings is 1. The van der Waals surface area contributed by atoms with Crippen molar-refractivity contribution in [3.63, 3.8) is 0 Å². The molecule has 22 heavy (non-hydrogen) atoms. The van der Waals surface area contributed by atoms with Crippen molar-refractivity contribution in [3.05, 3.63) is 54.0 Å². The largest absolute Gasteiger partial charge is 0.370 e. The molecule has 0 saturated heterocycles. The molecule has 0 aliphatic rings. The zero-order valence-corrected chi connectivity index (χ0v) is 12.4. The van der Waals surface area contributed by atoms with Crippen LogP contribution < -0.4 is 16.0 Å². The lowest BCUT2D eigenvalue weighted by atomic mass is 10.2. The minimum absolute atomic E-state index is 0.367. The van der Waals surface area contributed by atoms with Gasteiger partial charge >= 0.3 is 6.03 Å². The average molecular weight is 302 g/mol. The van der Waals surface area contributed by atoms with Crippen LogP contribution >= 0.6 is 0 Å². The molecule has 0 bridgehead atoms. The molecule has 0 unspecified atom stereocenters. The Balaban J connectivity index is 1.78. The maximum Gasteiger partial charge on any atom is 0.319 e. The number of hydrogen-bond donors (Lipinski definition) is 3. The third-order valence-electron chi connectivity index (χ3n) is 2.91. The number of aromatic nitrogens is 1. The van der Waals surface area contributed by atoms with Crippen LogP contribution in [-0.4, -0.2) is 24.1 Å². The number of amides is 2. The van der Waals surface area contributed by atoms with Crippen LogP contribution in [0.5, 0.6) is 0 Å². The second kappa shape index (κ2) is 7.97. The van der Waals surface area contributed by atoms with Crippen molar-refractivity contribution in [1.82, 2.24) is 10.3 Å². The minimum Gasteiger partial charge on any atom is -0.370 e. The monoisotopic (exact) mass is 302 g/mol. The second-order valence-electron chi connectivity index (χ2n) is 4.69. The number of anilines is 2. The predicted octanol–water partition coefficient (Wildman–Crippen LogP) is 3.02. The van der Waals surface area contributed by atoms with Crippen LogP contribution in [0.3, 0.4) is 0 Å². The molecule has 5 nitrogen and oxygen atoms in total. The van der Waals surface area contributed by atoms with Crippen molar-refractivity contribution < 1.29 is 9.18 Å². The summed E-state index contributed by atoms with van der Waals surface area (Å²) in [6.45, 7) is 3.27. The van der Waals surface area contributed by atoms with Gasteiger partial charge in [-0.1, -0.05) is 12.1 Å². The Labute approximate surface area is 129 Å². The Morgan fingerprint density at radius 1 is 1.23 bits per heavy atom. The number of rotatable bonds is 6. The lowest BCUT2D eigenvalue weighted by Gasteiger charge is -2.08. The molecule has 0 saturated carbocycles. The van der Waals surface area contributed by atoms with E-state index >= 15 is 0 Å². The SMILES string of the molecule is CCNc1cccc(CCNC(=O)Nc2cccc(F)c2)n1. The van der Waals surface area contributed by atoms with E-state index in [1.54, 1.807) is 12.1 Å². The first-order chi connectivity index (χ1) is 10.7. The summed E-state index contributed by atoms with van der Waals surface area (Å²) in [5.74, 6) is 0.437. The molecular formula is C16H19FN4O. The fourth-order valence-corrected chi connectivity index (χ4v) is 1.94. The van der Waals surface area contributed by atoms with Crippen LogP contribution in [-0.2, 0) is 6.42 Å². The molecule has 2 rings (SSSR count). The van der Waals surface area contributed by atoms with E-state index in [4.69, 9.17) is 0 Å². The van der Waals surface area contributed by atoms with Crippen molar-refractivity contribution in [2.24, 2.45) is 0 Å². The van der Waals surface area contributed by atoms with E-state index in [1.807, 2.05) is 25.1 Å². The van der Waals surface area contributed by atoms with Gasteiger partial charge in [-0.25, -0.2) is 14.2 Å². The number of carbonyl (C=O) groups excluding carboxylic acids is 1. The molecule has 2 amide bonds. The van der Waals surface area contributed by atoms with Crippen molar-refractivity contribution in [2.75, 3.05) is 23.7 Å². The molecule has 0 aliphatic heterocycles. The lowest BCUT2D eigenvalue weighted by molar-refractivity contribution is 0.252. The highest BCUT2D eigenvalue weighted by Gasteiger charge is 2.03. The Hall–Kier alpha value is -2.63. The van der Waals surface area contributed by atoms with E-state index in [9.17, 15) is 9.18 Å². The second-order valence-corrected chi connectivity index (χ2v) is 4.69. The summed E-state index contributed by atoms with van der Waals surface area (Å²) in [6, 6.07) is 11.1. The molecule has 6 heteroatoms. The summed E-state index contributed by atoms with van der Waals surface area (Å²) < 4.78 is 13.0. The van der Waals surface area contributed by atoms with Gasteiger partial charge in [0.05, 0.1) is 0 Å². The Morgan fingerprint density at radius 2 is 2.05 bits per heavy atom.